The number of Topliss-reactive ketones (excluding diaryl/α,β-unsaturated/α-hetero) is 1. The molecule has 0 radical (unpaired) electrons. The molecule has 1 aliphatic rings. The molecular weight excluding hydrogens is 296 g/mol. The summed E-state index contributed by atoms with van der Waals surface area (Å²) < 4.78 is 24.2. The standard InChI is InChI=1S/C15H19ClO3S/c16-14-8-6-12(7-9-14)10-20(18,19)11-15(17)13-4-2-1-3-5-13/h6-9,13H,1-5,10-11H2. The van der Waals surface area contributed by atoms with Crippen molar-refractivity contribution in [2.45, 2.75) is 37.9 Å². The van der Waals surface area contributed by atoms with Crippen molar-refractivity contribution < 1.29 is 13.2 Å². The summed E-state index contributed by atoms with van der Waals surface area (Å²) in [5.74, 6) is -0.592. The highest BCUT2D eigenvalue weighted by Crippen LogP contribution is 2.25. The first-order valence-corrected chi connectivity index (χ1v) is 9.14. The fraction of sp³-hybridized carbons (Fsp3) is 0.533. The number of halogens is 1. The van der Waals surface area contributed by atoms with Crippen LogP contribution in [-0.2, 0) is 20.4 Å². The van der Waals surface area contributed by atoms with Crippen molar-refractivity contribution in [2.24, 2.45) is 5.92 Å². The molecule has 0 heterocycles. The molecule has 0 N–H and O–H groups in total. The van der Waals surface area contributed by atoms with Crippen molar-refractivity contribution in [1.29, 1.82) is 0 Å². The molecule has 1 saturated carbocycles. The highest BCUT2D eigenvalue weighted by molar-refractivity contribution is 7.91. The van der Waals surface area contributed by atoms with Crippen LogP contribution in [0.15, 0.2) is 24.3 Å². The largest absolute Gasteiger partial charge is 0.298 e. The molecule has 5 heteroatoms. The van der Waals surface area contributed by atoms with E-state index in [4.69, 9.17) is 11.6 Å². The quantitative estimate of drug-likeness (QED) is 0.837. The maximum absolute atomic E-state index is 12.1. The first-order valence-electron chi connectivity index (χ1n) is 6.94. The second kappa shape index (κ2) is 6.72. The van der Waals surface area contributed by atoms with Crippen molar-refractivity contribution in [3.63, 3.8) is 0 Å². The number of hydrogen-bond acceptors (Lipinski definition) is 3. The van der Waals surface area contributed by atoms with E-state index >= 15 is 0 Å². The number of sulfone groups is 1. The lowest BCUT2D eigenvalue weighted by molar-refractivity contribution is -0.121. The predicted molar refractivity (Wildman–Crippen MR) is 80.5 cm³/mol. The number of carbonyl (C=O) groups excluding carboxylic acids is 1. The molecule has 0 saturated heterocycles. The lowest BCUT2D eigenvalue weighted by Gasteiger charge is -2.20. The van der Waals surface area contributed by atoms with Gasteiger partial charge in [-0.25, -0.2) is 8.42 Å². The van der Waals surface area contributed by atoms with E-state index in [1.807, 2.05) is 0 Å². The van der Waals surface area contributed by atoms with Crippen molar-refractivity contribution >= 4 is 27.2 Å². The van der Waals surface area contributed by atoms with Gasteiger partial charge in [0.1, 0.15) is 5.75 Å². The van der Waals surface area contributed by atoms with Gasteiger partial charge in [-0.3, -0.25) is 4.79 Å². The van der Waals surface area contributed by atoms with Gasteiger partial charge in [-0.05, 0) is 30.5 Å². The number of carbonyl (C=O) groups is 1. The number of benzene rings is 1. The Kier molecular flexibility index (Phi) is 5.22. The molecule has 0 aliphatic heterocycles. The van der Waals surface area contributed by atoms with Crippen LogP contribution in [-0.4, -0.2) is 20.0 Å². The molecule has 0 bridgehead atoms. The minimum atomic E-state index is -3.39. The average molecular weight is 315 g/mol. The lowest BCUT2D eigenvalue weighted by atomic mass is 9.87. The number of ketones is 1. The molecule has 0 unspecified atom stereocenters. The van der Waals surface area contributed by atoms with Gasteiger partial charge in [0.25, 0.3) is 0 Å². The topological polar surface area (TPSA) is 51.2 Å². The van der Waals surface area contributed by atoms with Crippen LogP contribution in [0.2, 0.25) is 5.02 Å². The summed E-state index contributed by atoms with van der Waals surface area (Å²) in [6.45, 7) is 0. The number of rotatable bonds is 5. The molecule has 20 heavy (non-hydrogen) atoms. The molecule has 1 aromatic rings. The van der Waals surface area contributed by atoms with E-state index in [1.54, 1.807) is 24.3 Å². The van der Waals surface area contributed by atoms with E-state index in [1.165, 1.54) is 0 Å². The first kappa shape index (κ1) is 15.5. The minimum absolute atomic E-state index is 0.0521. The van der Waals surface area contributed by atoms with Crippen molar-refractivity contribution in [3.05, 3.63) is 34.9 Å². The molecular formula is C15H19ClO3S. The molecule has 110 valence electrons. The Morgan fingerprint density at radius 2 is 1.70 bits per heavy atom. The summed E-state index contributed by atoms with van der Waals surface area (Å²) in [4.78, 5) is 12.1. The predicted octanol–water partition coefficient (Wildman–Crippen LogP) is 3.40. The van der Waals surface area contributed by atoms with Crippen LogP contribution in [0.5, 0.6) is 0 Å². The van der Waals surface area contributed by atoms with E-state index in [9.17, 15) is 13.2 Å². The monoisotopic (exact) mass is 314 g/mol. The van der Waals surface area contributed by atoms with Gasteiger partial charge in [-0.15, -0.1) is 0 Å². The van der Waals surface area contributed by atoms with Gasteiger partial charge in [0.05, 0.1) is 5.75 Å². The van der Waals surface area contributed by atoms with Crippen LogP contribution in [0, 0.1) is 5.92 Å². The molecule has 0 atom stereocenters. The van der Waals surface area contributed by atoms with Crippen molar-refractivity contribution in [1.82, 2.24) is 0 Å². The molecule has 3 nitrogen and oxygen atoms in total. The third kappa shape index (κ3) is 4.60. The number of hydrogen-bond donors (Lipinski definition) is 0. The van der Waals surface area contributed by atoms with Crippen LogP contribution in [0.3, 0.4) is 0 Å². The molecule has 0 spiro atoms. The lowest BCUT2D eigenvalue weighted by Crippen LogP contribution is -2.26. The van der Waals surface area contributed by atoms with Gasteiger partial charge in [-0.2, -0.15) is 0 Å². The Labute approximate surface area is 125 Å². The third-order valence-electron chi connectivity index (χ3n) is 3.72. The smallest absolute Gasteiger partial charge is 0.161 e. The van der Waals surface area contributed by atoms with E-state index in [0.29, 0.717) is 10.6 Å². The highest BCUT2D eigenvalue weighted by Gasteiger charge is 2.25. The van der Waals surface area contributed by atoms with Gasteiger partial charge in [0.2, 0.25) is 0 Å². The van der Waals surface area contributed by atoms with Gasteiger partial charge < -0.3 is 0 Å². The third-order valence-corrected chi connectivity index (χ3v) is 5.47. The van der Waals surface area contributed by atoms with Crippen molar-refractivity contribution in [3.8, 4) is 0 Å². The normalized spacial score (nSPS) is 17.1. The SMILES string of the molecule is O=C(CS(=O)(=O)Cc1ccc(Cl)cc1)C1CCCCC1. The summed E-state index contributed by atoms with van der Waals surface area (Å²) in [6, 6.07) is 6.70. The summed E-state index contributed by atoms with van der Waals surface area (Å²) >= 11 is 5.77. The molecule has 1 fully saturated rings. The van der Waals surface area contributed by atoms with E-state index in [-0.39, 0.29) is 23.2 Å². The minimum Gasteiger partial charge on any atom is -0.298 e. The molecule has 0 amide bonds. The zero-order valence-corrected chi connectivity index (χ0v) is 12.9. The molecule has 1 aliphatic carbocycles. The average Bonchev–Trinajstić information content (AvgIpc) is 2.41. The Bertz CT molecular complexity index is 557. The molecule has 2 rings (SSSR count). The van der Waals surface area contributed by atoms with Gasteiger partial charge in [0, 0.05) is 10.9 Å². The van der Waals surface area contributed by atoms with E-state index in [0.717, 1.165) is 32.1 Å². The zero-order valence-electron chi connectivity index (χ0n) is 11.3. The van der Waals surface area contributed by atoms with E-state index < -0.39 is 9.84 Å². The van der Waals surface area contributed by atoms with Gasteiger partial charge in [-0.1, -0.05) is 43.0 Å². The first-order chi connectivity index (χ1) is 9.46. The fourth-order valence-electron chi connectivity index (χ4n) is 2.64. The second-order valence-electron chi connectivity index (χ2n) is 5.46. The Balaban J connectivity index is 1.96. The van der Waals surface area contributed by atoms with Crippen LogP contribution < -0.4 is 0 Å². The van der Waals surface area contributed by atoms with Crippen LogP contribution in [0.1, 0.15) is 37.7 Å². The van der Waals surface area contributed by atoms with Crippen molar-refractivity contribution in [2.75, 3.05) is 5.75 Å². The Morgan fingerprint density at radius 1 is 1.10 bits per heavy atom. The summed E-state index contributed by atoms with van der Waals surface area (Å²) in [5.41, 5.74) is 0.672. The van der Waals surface area contributed by atoms with Crippen LogP contribution >= 0.6 is 11.6 Å². The summed E-state index contributed by atoms with van der Waals surface area (Å²) in [7, 11) is -3.39. The maximum Gasteiger partial charge on any atom is 0.161 e. The second-order valence-corrected chi connectivity index (χ2v) is 7.96. The Hall–Kier alpha value is -0.870. The van der Waals surface area contributed by atoms with Crippen LogP contribution in [0.4, 0.5) is 0 Å². The van der Waals surface area contributed by atoms with E-state index in [2.05, 4.69) is 0 Å². The summed E-state index contributed by atoms with van der Waals surface area (Å²) in [5, 5.41) is 0.574. The Morgan fingerprint density at radius 3 is 2.30 bits per heavy atom. The molecule has 0 aromatic heterocycles. The highest BCUT2D eigenvalue weighted by atomic mass is 35.5. The summed E-state index contributed by atoms with van der Waals surface area (Å²) in [6.07, 6.45) is 4.91. The zero-order chi connectivity index (χ0) is 14.6. The fourth-order valence-corrected chi connectivity index (χ4v) is 4.24. The van der Waals surface area contributed by atoms with Gasteiger partial charge in [0.15, 0.2) is 15.6 Å². The van der Waals surface area contributed by atoms with Gasteiger partial charge >= 0.3 is 0 Å². The van der Waals surface area contributed by atoms with Crippen LogP contribution in [0.25, 0.3) is 0 Å². The maximum atomic E-state index is 12.1. The molecule has 1 aromatic carbocycles.